The van der Waals surface area contributed by atoms with E-state index in [-0.39, 0.29) is 16.5 Å². The van der Waals surface area contributed by atoms with Gasteiger partial charge in [0.05, 0.1) is 10.0 Å². The van der Waals surface area contributed by atoms with E-state index in [2.05, 4.69) is 21.2 Å². The highest BCUT2D eigenvalue weighted by Crippen LogP contribution is 2.21. The van der Waals surface area contributed by atoms with Crippen LogP contribution in [0.25, 0.3) is 0 Å². The van der Waals surface area contributed by atoms with Crippen LogP contribution in [0.4, 0.5) is 4.39 Å². The molecule has 0 fully saturated rings. The van der Waals surface area contributed by atoms with Gasteiger partial charge < -0.3 is 11.1 Å². The second-order valence-electron chi connectivity index (χ2n) is 4.58. The zero-order valence-corrected chi connectivity index (χ0v) is 11.7. The summed E-state index contributed by atoms with van der Waals surface area (Å²) < 4.78 is 13.4. The van der Waals surface area contributed by atoms with E-state index < -0.39 is 23.2 Å². The zero-order valence-electron chi connectivity index (χ0n) is 10.1. The molecule has 18 heavy (non-hydrogen) atoms. The van der Waals surface area contributed by atoms with Gasteiger partial charge in [-0.2, -0.15) is 0 Å². The lowest BCUT2D eigenvalue weighted by molar-refractivity contribution is -0.119. The number of hydrogen-bond donors (Lipinski definition) is 2. The third-order valence-electron chi connectivity index (χ3n) is 2.26. The van der Waals surface area contributed by atoms with Gasteiger partial charge in [-0.25, -0.2) is 4.39 Å². The number of halogens is 2. The normalized spacial score (nSPS) is 11.1. The van der Waals surface area contributed by atoms with Gasteiger partial charge in [-0.15, -0.1) is 0 Å². The summed E-state index contributed by atoms with van der Waals surface area (Å²) in [5.74, 6) is -1.50. The van der Waals surface area contributed by atoms with Gasteiger partial charge in [0.25, 0.3) is 5.91 Å². The fourth-order valence-electron chi connectivity index (χ4n) is 1.53. The van der Waals surface area contributed by atoms with Gasteiger partial charge in [-0.3, -0.25) is 9.59 Å². The summed E-state index contributed by atoms with van der Waals surface area (Å²) in [6.07, 6.45) is 0.00563. The SMILES string of the molecule is CC(C)(CC(N)=O)NC(=O)c1cccc(F)c1Br. The molecule has 0 aliphatic heterocycles. The molecule has 0 aliphatic carbocycles. The van der Waals surface area contributed by atoms with Crippen molar-refractivity contribution in [1.29, 1.82) is 0 Å². The fraction of sp³-hybridized carbons (Fsp3) is 0.333. The van der Waals surface area contributed by atoms with Crippen LogP contribution >= 0.6 is 15.9 Å². The molecule has 0 bridgehead atoms. The predicted molar refractivity (Wildman–Crippen MR) is 69.5 cm³/mol. The Hall–Kier alpha value is -1.43. The number of primary amides is 1. The first-order valence-electron chi connectivity index (χ1n) is 5.28. The predicted octanol–water partition coefficient (Wildman–Crippen LogP) is 1.97. The summed E-state index contributed by atoms with van der Waals surface area (Å²) in [5.41, 5.74) is 4.48. The van der Waals surface area contributed by atoms with Crippen LogP contribution in [-0.2, 0) is 4.79 Å². The summed E-state index contributed by atoms with van der Waals surface area (Å²) in [6, 6.07) is 4.17. The van der Waals surface area contributed by atoms with E-state index in [9.17, 15) is 14.0 Å². The third-order valence-corrected chi connectivity index (χ3v) is 3.07. The van der Waals surface area contributed by atoms with Crippen LogP contribution in [0.5, 0.6) is 0 Å². The molecule has 0 unspecified atom stereocenters. The first kappa shape index (κ1) is 14.6. The Bertz CT molecular complexity index is 489. The average Bonchev–Trinajstić information content (AvgIpc) is 2.18. The number of nitrogens with two attached hydrogens (primary N) is 1. The summed E-state index contributed by atoms with van der Waals surface area (Å²) in [7, 11) is 0. The molecule has 2 amide bonds. The van der Waals surface area contributed by atoms with Gasteiger partial charge >= 0.3 is 0 Å². The molecule has 3 N–H and O–H groups in total. The molecule has 1 aromatic carbocycles. The Morgan fingerprint density at radius 2 is 2.06 bits per heavy atom. The van der Waals surface area contributed by atoms with Crippen LogP contribution in [-0.4, -0.2) is 17.4 Å². The van der Waals surface area contributed by atoms with E-state index >= 15 is 0 Å². The second-order valence-corrected chi connectivity index (χ2v) is 5.38. The minimum Gasteiger partial charge on any atom is -0.370 e. The van der Waals surface area contributed by atoms with Crippen molar-refractivity contribution in [2.75, 3.05) is 0 Å². The molecule has 0 aromatic heterocycles. The quantitative estimate of drug-likeness (QED) is 0.891. The number of carbonyl (C=O) groups is 2. The maximum atomic E-state index is 13.3. The molecule has 0 atom stereocenters. The fourth-order valence-corrected chi connectivity index (χ4v) is 1.98. The number of carbonyl (C=O) groups excluding carboxylic acids is 2. The standard InChI is InChI=1S/C12H14BrFN2O2/c1-12(2,6-9(15)17)16-11(18)7-4-3-5-8(14)10(7)13/h3-5H,6H2,1-2H3,(H2,15,17)(H,16,18). The van der Waals surface area contributed by atoms with E-state index in [4.69, 9.17) is 5.73 Å². The van der Waals surface area contributed by atoms with Crippen LogP contribution in [0.2, 0.25) is 0 Å². The van der Waals surface area contributed by atoms with Crippen molar-refractivity contribution in [3.63, 3.8) is 0 Å². The smallest absolute Gasteiger partial charge is 0.252 e. The van der Waals surface area contributed by atoms with Gasteiger partial charge in [0.15, 0.2) is 0 Å². The topological polar surface area (TPSA) is 72.2 Å². The maximum Gasteiger partial charge on any atom is 0.252 e. The van der Waals surface area contributed by atoms with Crippen molar-refractivity contribution in [1.82, 2.24) is 5.32 Å². The molecule has 0 aliphatic rings. The Kier molecular flexibility index (Phi) is 4.45. The Morgan fingerprint density at radius 1 is 1.44 bits per heavy atom. The van der Waals surface area contributed by atoms with Gasteiger partial charge in [0, 0.05) is 12.0 Å². The lowest BCUT2D eigenvalue weighted by Gasteiger charge is -2.25. The minimum absolute atomic E-state index is 0.00563. The van der Waals surface area contributed by atoms with Gasteiger partial charge in [0.2, 0.25) is 5.91 Å². The third kappa shape index (κ3) is 3.80. The van der Waals surface area contributed by atoms with Gasteiger partial charge in [0.1, 0.15) is 5.82 Å². The summed E-state index contributed by atoms with van der Waals surface area (Å²) >= 11 is 3.01. The Morgan fingerprint density at radius 3 is 2.61 bits per heavy atom. The molecule has 4 nitrogen and oxygen atoms in total. The number of nitrogens with one attached hydrogen (secondary N) is 1. The highest BCUT2D eigenvalue weighted by atomic mass is 79.9. The number of benzene rings is 1. The first-order chi connectivity index (χ1) is 8.23. The molecule has 6 heteroatoms. The molecule has 0 saturated heterocycles. The first-order valence-corrected chi connectivity index (χ1v) is 6.07. The molecule has 1 aromatic rings. The molecule has 0 radical (unpaired) electrons. The summed E-state index contributed by atoms with van der Waals surface area (Å²) in [6.45, 7) is 3.34. The largest absolute Gasteiger partial charge is 0.370 e. The van der Waals surface area contributed by atoms with Crippen LogP contribution in [0.3, 0.4) is 0 Å². The molecule has 0 heterocycles. The lowest BCUT2D eigenvalue weighted by Crippen LogP contribution is -2.46. The van der Waals surface area contributed by atoms with Crippen LogP contribution in [0, 0.1) is 5.82 Å². The number of hydrogen-bond acceptors (Lipinski definition) is 2. The Balaban J connectivity index is 2.89. The van der Waals surface area contributed by atoms with Crippen molar-refractivity contribution in [2.45, 2.75) is 25.8 Å². The molecule has 98 valence electrons. The molecule has 0 saturated carbocycles. The van der Waals surface area contributed by atoms with E-state index in [1.807, 2.05) is 0 Å². The van der Waals surface area contributed by atoms with E-state index in [0.717, 1.165) is 0 Å². The van der Waals surface area contributed by atoms with Gasteiger partial charge in [-0.1, -0.05) is 6.07 Å². The second kappa shape index (κ2) is 5.48. The summed E-state index contributed by atoms with van der Waals surface area (Å²) in [5, 5.41) is 2.64. The van der Waals surface area contributed by atoms with Crippen LogP contribution < -0.4 is 11.1 Å². The van der Waals surface area contributed by atoms with Crippen LogP contribution in [0.15, 0.2) is 22.7 Å². The number of rotatable bonds is 4. The van der Waals surface area contributed by atoms with Crippen molar-refractivity contribution >= 4 is 27.7 Å². The highest BCUT2D eigenvalue weighted by Gasteiger charge is 2.24. The molecular formula is C12H14BrFN2O2. The van der Waals surface area contributed by atoms with E-state index in [1.54, 1.807) is 13.8 Å². The van der Waals surface area contributed by atoms with Gasteiger partial charge in [-0.05, 0) is 41.9 Å². The zero-order chi connectivity index (χ0) is 13.9. The molecular weight excluding hydrogens is 303 g/mol. The molecule has 0 spiro atoms. The van der Waals surface area contributed by atoms with Crippen molar-refractivity contribution in [2.24, 2.45) is 5.73 Å². The van der Waals surface area contributed by atoms with E-state index in [1.165, 1.54) is 18.2 Å². The van der Waals surface area contributed by atoms with Crippen molar-refractivity contribution in [3.05, 3.63) is 34.1 Å². The lowest BCUT2D eigenvalue weighted by atomic mass is 9.99. The highest BCUT2D eigenvalue weighted by molar-refractivity contribution is 9.10. The average molecular weight is 317 g/mol. The Labute approximate surface area is 113 Å². The molecule has 1 rings (SSSR count). The van der Waals surface area contributed by atoms with Crippen molar-refractivity contribution in [3.8, 4) is 0 Å². The summed E-state index contributed by atoms with van der Waals surface area (Å²) in [4.78, 5) is 22.8. The van der Waals surface area contributed by atoms with E-state index in [0.29, 0.717) is 0 Å². The monoisotopic (exact) mass is 316 g/mol. The van der Waals surface area contributed by atoms with Crippen LogP contribution in [0.1, 0.15) is 30.6 Å². The minimum atomic E-state index is -0.783. The number of amides is 2. The van der Waals surface area contributed by atoms with Crippen molar-refractivity contribution < 1.29 is 14.0 Å². The maximum absolute atomic E-state index is 13.3.